The summed E-state index contributed by atoms with van der Waals surface area (Å²) in [5, 5.41) is 2.86. The summed E-state index contributed by atoms with van der Waals surface area (Å²) in [4.78, 5) is 36.2. The van der Waals surface area contributed by atoms with Crippen LogP contribution in [0.2, 0.25) is 0 Å². The molecule has 1 aromatic carbocycles. The van der Waals surface area contributed by atoms with Gasteiger partial charge in [-0.2, -0.15) is 0 Å². The number of aryl methyl sites for hydroxylation is 1. The summed E-state index contributed by atoms with van der Waals surface area (Å²) in [6.45, 7) is 2.96. The molecule has 1 N–H and O–H groups in total. The van der Waals surface area contributed by atoms with Crippen LogP contribution in [0.4, 0.5) is 5.82 Å². The molecule has 0 radical (unpaired) electrons. The van der Waals surface area contributed by atoms with Crippen molar-refractivity contribution in [1.82, 2.24) is 14.9 Å². The molecule has 1 saturated heterocycles. The number of carbonyl (C=O) groups is 2. The molecule has 3 heterocycles. The lowest BCUT2D eigenvalue weighted by Gasteiger charge is -2.31. The maximum atomic E-state index is 13.1. The van der Waals surface area contributed by atoms with Gasteiger partial charge in [-0.15, -0.1) is 0 Å². The number of likely N-dealkylation sites (tertiary alicyclic amines) is 1. The standard InChI is InChI=1S/C24H23BrN4O2/c1-16-20(8-9-21(27-16)18-5-4-6-19(25)15-18)24(31)29-13-10-17(11-14-29)23(30)28-22-7-2-3-12-26-22/h2-9,12,15,17H,10-11,13-14H2,1H3,(H,26,28,30). The molecule has 0 unspecified atom stereocenters. The maximum Gasteiger partial charge on any atom is 0.255 e. The van der Waals surface area contributed by atoms with Crippen LogP contribution >= 0.6 is 15.9 Å². The molecule has 6 nitrogen and oxygen atoms in total. The molecule has 0 atom stereocenters. The second kappa shape index (κ2) is 9.39. The van der Waals surface area contributed by atoms with Gasteiger partial charge in [-0.05, 0) is 56.2 Å². The van der Waals surface area contributed by atoms with Crippen molar-refractivity contribution in [2.75, 3.05) is 18.4 Å². The van der Waals surface area contributed by atoms with Gasteiger partial charge in [-0.1, -0.05) is 34.1 Å². The Bertz CT molecular complexity index is 1100. The van der Waals surface area contributed by atoms with Gasteiger partial charge < -0.3 is 10.2 Å². The van der Waals surface area contributed by atoms with Gasteiger partial charge in [0.1, 0.15) is 5.82 Å². The predicted octanol–water partition coefficient (Wildman–Crippen LogP) is 4.71. The number of benzene rings is 1. The number of hydrogen-bond donors (Lipinski definition) is 1. The number of halogens is 1. The van der Waals surface area contributed by atoms with Crippen LogP contribution in [0.25, 0.3) is 11.3 Å². The number of carbonyl (C=O) groups excluding carboxylic acids is 2. The number of aromatic nitrogens is 2. The van der Waals surface area contributed by atoms with Gasteiger partial charge in [0.05, 0.1) is 17.0 Å². The minimum Gasteiger partial charge on any atom is -0.339 e. The smallest absolute Gasteiger partial charge is 0.255 e. The summed E-state index contributed by atoms with van der Waals surface area (Å²) in [5.41, 5.74) is 3.14. The zero-order chi connectivity index (χ0) is 21.8. The molecule has 1 aliphatic rings. The number of nitrogens with one attached hydrogen (secondary N) is 1. The van der Waals surface area contributed by atoms with Gasteiger partial charge in [0.25, 0.3) is 5.91 Å². The molecule has 1 fully saturated rings. The molecule has 0 aliphatic carbocycles. The maximum absolute atomic E-state index is 13.1. The lowest BCUT2D eigenvalue weighted by atomic mass is 9.95. The first kappa shape index (κ1) is 21.2. The Hall–Kier alpha value is -3.06. The molecule has 2 amide bonds. The minimum atomic E-state index is -0.121. The number of amides is 2. The first-order valence-corrected chi connectivity index (χ1v) is 11.1. The molecular weight excluding hydrogens is 456 g/mol. The number of anilines is 1. The van der Waals surface area contributed by atoms with E-state index in [0.717, 1.165) is 15.7 Å². The highest BCUT2D eigenvalue weighted by molar-refractivity contribution is 9.10. The first-order valence-electron chi connectivity index (χ1n) is 10.3. The Labute approximate surface area is 189 Å². The van der Waals surface area contributed by atoms with Crippen LogP contribution in [0, 0.1) is 12.8 Å². The van der Waals surface area contributed by atoms with Crippen molar-refractivity contribution in [3.05, 3.63) is 76.5 Å². The van der Waals surface area contributed by atoms with E-state index in [1.165, 1.54) is 0 Å². The molecule has 7 heteroatoms. The Balaban J connectivity index is 1.39. The van der Waals surface area contributed by atoms with Gasteiger partial charge in [0.15, 0.2) is 0 Å². The third kappa shape index (κ3) is 4.99. The summed E-state index contributed by atoms with van der Waals surface area (Å²) in [6.07, 6.45) is 2.91. The van der Waals surface area contributed by atoms with Crippen LogP contribution in [-0.4, -0.2) is 39.8 Å². The topological polar surface area (TPSA) is 75.2 Å². The summed E-state index contributed by atoms with van der Waals surface area (Å²) in [7, 11) is 0. The predicted molar refractivity (Wildman–Crippen MR) is 124 cm³/mol. The summed E-state index contributed by atoms with van der Waals surface area (Å²) >= 11 is 3.48. The molecule has 2 aromatic heterocycles. The molecule has 0 bridgehead atoms. The van der Waals surface area contributed by atoms with E-state index >= 15 is 0 Å². The zero-order valence-corrected chi connectivity index (χ0v) is 18.8. The van der Waals surface area contributed by atoms with Gasteiger partial charge >= 0.3 is 0 Å². The Morgan fingerprint density at radius 3 is 2.55 bits per heavy atom. The van der Waals surface area contributed by atoms with Crippen molar-refractivity contribution >= 4 is 33.6 Å². The largest absolute Gasteiger partial charge is 0.339 e. The van der Waals surface area contributed by atoms with E-state index in [2.05, 4.69) is 31.2 Å². The number of piperidine rings is 1. The molecule has 1 aliphatic heterocycles. The summed E-state index contributed by atoms with van der Waals surface area (Å²) in [5.74, 6) is 0.360. The summed E-state index contributed by atoms with van der Waals surface area (Å²) < 4.78 is 0.986. The van der Waals surface area contributed by atoms with Gasteiger partial charge in [-0.25, -0.2) is 4.98 Å². The molecule has 3 aromatic rings. The normalized spacial score (nSPS) is 14.3. The fourth-order valence-electron chi connectivity index (χ4n) is 3.78. The van der Waals surface area contributed by atoms with E-state index in [-0.39, 0.29) is 17.7 Å². The SMILES string of the molecule is Cc1nc(-c2cccc(Br)c2)ccc1C(=O)N1CCC(C(=O)Nc2ccccn2)CC1. The van der Waals surface area contributed by atoms with E-state index in [4.69, 9.17) is 0 Å². The van der Waals surface area contributed by atoms with Gasteiger partial charge in [0, 0.05) is 35.2 Å². The average Bonchev–Trinajstić information content (AvgIpc) is 2.79. The van der Waals surface area contributed by atoms with E-state index < -0.39 is 0 Å². The number of rotatable bonds is 4. The van der Waals surface area contributed by atoms with Crippen LogP contribution < -0.4 is 5.32 Å². The Morgan fingerprint density at radius 1 is 1.06 bits per heavy atom. The molecule has 4 rings (SSSR count). The lowest BCUT2D eigenvalue weighted by Crippen LogP contribution is -2.41. The molecular formula is C24H23BrN4O2. The Kier molecular flexibility index (Phi) is 6.42. The van der Waals surface area contributed by atoms with Crippen LogP contribution in [-0.2, 0) is 4.79 Å². The van der Waals surface area contributed by atoms with Crippen molar-refractivity contribution in [2.45, 2.75) is 19.8 Å². The van der Waals surface area contributed by atoms with Crippen LogP contribution in [0.1, 0.15) is 28.9 Å². The van der Waals surface area contributed by atoms with Crippen molar-refractivity contribution in [3.8, 4) is 11.3 Å². The van der Waals surface area contributed by atoms with E-state index in [0.29, 0.717) is 43.0 Å². The second-order valence-electron chi connectivity index (χ2n) is 7.61. The molecule has 31 heavy (non-hydrogen) atoms. The van der Waals surface area contributed by atoms with E-state index in [1.807, 2.05) is 60.4 Å². The van der Waals surface area contributed by atoms with Crippen molar-refractivity contribution in [3.63, 3.8) is 0 Å². The summed E-state index contributed by atoms with van der Waals surface area (Å²) in [6, 6.07) is 17.1. The minimum absolute atomic E-state index is 0.0330. The van der Waals surface area contributed by atoms with Gasteiger partial charge in [-0.3, -0.25) is 14.6 Å². The van der Waals surface area contributed by atoms with Crippen LogP contribution in [0.3, 0.4) is 0 Å². The van der Waals surface area contributed by atoms with Crippen LogP contribution in [0.15, 0.2) is 65.3 Å². The number of hydrogen-bond acceptors (Lipinski definition) is 4. The number of nitrogens with zero attached hydrogens (tertiary/aromatic N) is 3. The Morgan fingerprint density at radius 2 is 1.87 bits per heavy atom. The fraction of sp³-hybridized carbons (Fsp3) is 0.250. The zero-order valence-electron chi connectivity index (χ0n) is 17.2. The van der Waals surface area contributed by atoms with Crippen molar-refractivity contribution in [1.29, 1.82) is 0 Å². The first-order chi connectivity index (χ1) is 15.0. The number of pyridine rings is 2. The highest BCUT2D eigenvalue weighted by Crippen LogP contribution is 2.25. The van der Waals surface area contributed by atoms with Crippen molar-refractivity contribution in [2.24, 2.45) is 5.92 Å². The fourth-order valence-corrected chi connectivity index (χ4v) is 4.18. The molecule has 0 spiro atoms. The molecule has 0 saturated carbocycles. The van der Waals surface area contributed by atoms with Gasteiger partial charge in [0.2, 0.25) is 5.91 Å². The highest BCUT2D eigenvalue weighted by atomic mass is 79.9. The van der Waals surface area contributed by atoms with E-state index in [1.54, 1.807) is 12.3 Å². The third-order valence-corrected chi connectivity index (χ3v) is 6.00. The molecule has 158 valence electrons. The average molecular weight is 479 g/mol. The third-order valence-electron chi connectivity index (χ3n) is 5.51. The second-order valence-corrected chi connectivity index (χ2v) is 8.53. The van der Waals surface area contributed by atoms with Crippen molar-refractivity contribution < 1.29 is 9.59 Å². The van der Waals surface area contributed by atoms with Crippen LogP contribution in [0.5, 0.6) is 0 Å². The van der Waals surface area contributed by atoms with E-state index in [9.17, 15) is 9.59 Å². The lowest BCUT2D eigenvalue weighted by molar-refractivity contribution is -0.121. The highest BCUT2D eigenvalue weighted by Gasteiger charge is 2.28. The quantitative estimate of drug-likeness (QED) is 0.589. The monoisotopic (exact) mass is 478 g/mol.